The second kappa shape index (κ2) is 7.21. The highest BCUT2D eigenvalue weighted by molar-refractivity contribution is 6.32. The van der Waals surface area contributed by atoms with Gasteiger partial charge in [0.1, 0.15) is 5.82 Å². The summed E-state index contributed by atoms with van der Waals surface area (Å²) in [7, 11) is 0. The molecule has 0 saturated carbocycles. The molecule has 0 atom stereocenters. The quantitative estimate of drug-likeness (QED) is 0.596. The molecule has 5 N–H and O–H groups in total. The molecule has 0 saturated heterocycles. The van der Waals surface area contributed by atoms with Crippen molar-refractivity contribution in [3.05, 3.63) is 47.0 Å². The Labute approximate surface area is 156 Å². The Morgan fingerprint density at radius 3 is 2.69 bits per heavy atom. The summed E-state index contributed by atoms with van der Waals surface area (Å²) in [6, 6.07) is 9.33. The monoisotopic (exact) mass is 372 g/mol. The molecule has 7 nitrogen and oxygen atoms in total. The largest absolute Gasteiger partial charge is 0.397 e. The lowest BCUT2D eigenvalue weighted by Crippen LogP contribution is -2.27. The molecule has 3 aromatic rings. The number of hydrogen-bond acceptors (Lipinski definition) is 5. The van der Waals surface area contributed by atoms with Crippen molar-refractivity contribution in [3.8, 4) is 0 Å². The summed E-state index contributed by atoms with van der Waals surface area (Å²) in [4.78, 5) is 21.1. The smallest absolute Gasteiger partial charge is 0.272 e. The summed E-state index contributed by atoms with van der Waals surface area (Å²) >= 11 is 5.89. The minimum absolute atomic E-state index is 0.0516. The first-order valence-corrected chi connectivity index (χ1v) is 8.68. The van der Waals surface area contributed by atoms with Gasteiger partial charge in [-0.3, -0.25) is 4.79 Å². The van der Waals surface area contributed by atoms with Crippen LogP contribution in [0.25, 0.3) is 11.0 Å². The Balaban J connectivity index is 1.85. The number of rotatable bonds is 5. The molecule has 0 aliphatic rings. The molecular weight excluding hydrogens is 352 g/mol. The average molecular weight is 373 g/mol. The molecule has 136 valence electrons. The SMILES string of the molecule is CC(C)Cn1c(CNC(=O)c2nc(Cl)c(N)cc2N)nc2ccccc21. The summed E-state index contributed by atoms with van der Waals surface area (Å²) < 4.78 is 2.12. The third-order valence-corrected chi connectivity index (χ3v) is 4.24. The average Bonchev–Trinajstić information content (AvgIpc) is 2.93. The number of carbonyl (C=O) groups is 1. The highest BCUT2D eigenvalue weighted by Crippen LogP contribution is 2.22. The number of para-hydroxylation sites is 2. The van der Waals surface area contributed by atoms with E-state index >= 15 is 0 Å². The van der Waals surface area contributed by atoms with Crippen molar-refractivity contribution in [2.75, 3.05) is 11.5 Å². The number of aromatic nitrogens is 3. The van der Waals surface area contributed by atoms with Gasteiger partial charge in [0.05, 0.1) is 29.0 Å². The van der Waals surface area contributed by atoms with Crippen molar-refractivity contribution in [1.82, 2.24) is 19.9 Å². The van der Waals surface area contributed by atoms with Crippen molar-refractivity contribution in [1.29, 1.82) is 0 Å². The fourth-order valence-electron chi connectivity index (χ4n) is 2.78. The number of hydrogen-bond donors (Lipinski definition) is 3. The van der Waals surface area contributed by atoms with E-state index in [2.05, 4.69) is 33.7 Å². The molecule has 1 amide bonds. The summed E-state index contributed by atoms with van der Waals surface area (Å²) in [6.07, 6.45) is 0. The Morgan fingerprint density at radius 2 is 1.96 bits per heavy atom. The van der Waals surface area contributed by atoms with Gasteiger partial charge < -0.3 is 21.4 Å². The number of anilines is 2. The predicted octanol–water partition coefficient (Wildman–Crippen LogP) is 2.84. The van der Waals surface area contributed by atoms with Crippen molar-refractivity contribution >= 4 is 39.9 Å². The maximum atomic E-state index is 12.5. The van der Waals surface area contributed by atoms with Gasteiger partial charge in [-0.15, -0.1) is 0 Å². The molecular formula is C18H21ClN6O. The van der Waals surface area contributed by atoms with E-state index in [0.717, 1.165) is 23.4 Å². The van der Waals surface area contributed by atoms with Crippen molar-refractivity contribution in [2.24, 2.45) is 5.92 Å². The number of carbonyl (C=O) groups excluding carboxylic acids is 1. The fourth-order valence-corrected chi connectivity index (χ4v) is 2.92. The third kappa shape index (κ3) is 3.57. The van der Waals surface area contributed by atoms with Crippen LogP contribution in [0, 0.1) is 5.92 Å². The molecule has 1 aromatic carbocycles. The summed E-state index contributed by atoms with van der Waals surface area (Å²) in [5, 5.41) is 2.87. The Morgan fingerprint density at radius 1 is 1.23 bits per heavy atom. The second-order valence-corrected chi connectivity index (χ2v) is 6.87. The van der Waals surface area contributed by atoms with Crippen molar-refractivity contribution in [3.63, 3.8) is 0 Å². The zero-order chi connectivity index (χ0) is 18.8. The molecule has 26 heavy (non-hydrogen) atoms. The first-order valence-electron chi connectivity index (χ1n) is 8.30. The van der Waals surface area contributed by atoms with Crippen LogP contribution in [-0.4, -0.2) is 20.4 Å². The topological polar surface area (TPSA) is 112 Å². The lowest BCUT2D eigenvalue weighted by molar-refractivity contribution is 0.0945. The minimum atomic E-state index is -0.424. The molecule has 0 aliphatic carbocycles. The van der Waals surface area contributed by atoms with Gasteiger partial charge in [0.2, 0.25) is 0 Å². The van der Waals surface area contributed by atoms with Gasteiger partial charge in [-0.25, -0.2) is 9.97 Å². The Bertz CT molecular complexity index is 966. The number of fused-ring (bicyclic) bond motifs is 1. The van der Waals surface area contributed by atoms with Crippen molar-refractivity contribution < 1.29 is 4.79 Å². The lowest BCUT2D eigenvalue weighted by atomic mass is 10.2. The van der Waals surface area contributed by atoms with Crippen LogP contribution < -0.4 is 16.8 Å². The number of nitrogens with two attached hydrogens (primary N) is 2. The number of amides is 1. The van der Waals surface area contributed by atoms with Crippen LogP contribution in [0.4, 0.5) is 11.4 Å². The van der Waals surface area contributed by atoms with Gasteiger partial charge in [0.25, 0.3) is 5.91 Å². The van der Waals surface area contributed by atoms with Gasteiger partial charge in [-0.05, 0) is 24.1 Å². The number of pyridine rings is 1. The Kier molecular flexibility index (Phi) is 4.99. The predicted molar refractivity (Wildman–Crippen MR) is 104 cm³/mol. The normalized spacial score (nSPS) is 11.2. The van der Waals surface area contributed by atoms with Gasteiger partial charge in [-0.2, -0.15) is 0 Å². The van der Waals surface area contributed by atoms with E-state index in [1.54, 1.807) is 0 Å². The van der Waals surface area contributed by atoms with E-state index in [-0.39, 0.29) is 28.8 Å². The summed E-state index contributed by atoms with van der Waals surface area (Å²) in [6.45, 7) is 5.33. The van der Waals surface area contributed by atoms with Crippen LogP contribution in [0.3, 0.4) is 0 Å². The number of benzene rings is 1. The molecule has 8 heteroatoms. The number of imidazole rings is 1. The molecule has 0 spiro atoms. The highest BCUT2D eigenvalue weighted by Gasteiger charge is 2.17. The maximum absolute atomic E-state index is 12.5. The van der Waals surface area contributed by atoms with E-state index in [9.17, 15) is 4.79 Å². The minimum Gasteiger partial charge on any atom is -0.397 e. The van der Waals surface area contributed by atoms with E-state index in [1.165, 1.54) is 6.07 Å². The van der Waals surface area contributed by atoms with E-state index in [0.29, 0.717) is 5.92 Å². The highest BCUT2D eigenvalue weighted by atomic mass is 35.5. The second-order valence-electron chi connectivity index (χ2n) is 6.51. The number of nitrogen functional groups attached to an aromatic ring is 2. The molecule has 0 radical (unpaired) electrons. The molecule has 0 fully saturated rings. The zero-order valence-corrected chi connectivity index (χ0v) is 15.4. The summed E-state index contributed by atoms with van der Waals surface area (Å²) in [5.74, 6) is 0.788. The van der Waals surface area contributed by atoms with E-state index < -0.39 is 5.91 Å². The van der Waals surface area contributed by atoms with Gasteiger partial charge in [0.15, 0.2) is 10.8 Å². The molecule has 2 heterocycles. The van der Waals surface area contributed by atoms with Crippen LogP contribution in [0.2, 0.25) is 5.15 Å². The first-order chi connectivity index (χ1) is 12.4. The summed E-state index contributed by atoms with van der Waals surface area (Å²) in [5.41, 5.74) is 13.9. The van der Waals surface area contributed by atoms with E-state index in [4.69, 9.17) is 23.1 Å². The molecule has 0 aliphatic heterocycles. The zero-order valence-electron chi connectivity index (χ0n) is 14.7. The Hall–Kier alpha value is -2.80. The number of nitrogens with zero attached hydrogens (tertiary/aromatic N) is 3. The maximum Gasteiger partial charge on any atom is 0.272 e. The van der Waals surface area contributed by atoms with E-state index in [1.807, 2.05) is 24.3 Å². The molecule has 2 aromatic heterocycles. The van der Waals surface area contributed by atoms with Crippen LogP contribution in [-0.2, 0) is 13.1 Å². The first kappa shape index (κ1) is 18.0. The van der Waals surface area contributed by atoms with Crippen LogP contribution in [0.15, 0.2) is 30.3 Å². The van der Waals surface area contributed by atoms with Crippen LogP contribution in [0.1, 0.15) is 30.2 Å². The number of halogens is 1. The molecule has 3 rings (SSSR count). The fraction of sp³-hybridized carbons (Fsp3) is 0.278. The van der Waals surface area contributed by atoms with Gasteiger partial charge in [-0.1, -0.05) is 37.6 Å². The van der Waals surface area contributed by atoms with Crippen molar-refractivity contribution in [2.45, 2.75) is 26.9 Å². The molecule has 0 bridgehead atoms. The standard InChI is InChI=1S/C18H21ClN6O/c1-10(2)9-25-14-6-4-3-5-13(14)23-15(25)8-22-18(26)16-11(20)7-12(21)17(19)24-16/h3-7,10H,8-9,20-21H2,1-2H3,(H,22,26). The van der Waals surface area contributed by atoms with Crippen LogP contribution in [0.5, 0.6) is 0 Å². The van der Waals surface area contributed by atoms with Gasteiger partial charge >= 0.3 is 0 Å². The van der Waals surface area contributed by atoms with Gasteiger partial charge in [0, 0.05) is 6.54 Å². The lowest BCUT2D eigenvalue weighted by Gasteiger charge is -2.13. The molecule has 0 unspecified atom stereocenters. The number of nitrogens with one attached hydrogen (secondary N) is 1. The van der Waals surface area contributed by atoms with Crippen LogP contribution >= 0.6 is 11.6 Å². The third-order valence-electron chi connectivity index (χ3n) is 3.94.